The molecule has 4 nitrogen and oxygen atoms in total. The Morgan fingerprint density at radius 1 is 1.14 bits per heavy atom. The molecule has 0 spiro atoms. The summed E-state index contributed by atoms with van der Waals surface area (Å²) in [6, 6.07) is 5.85. The summed E-state index contributed by atoms with van der Waals surface area (Å²) >= 11 is 6.29. The van der Waals surface area contributed by atoms with Crippen LogP contribution in [0, 0.1) is 6.92 Å². The maximum atomic E-state index is 6.29. The highest BCUT2D eigenvalue weighted by Gasteiger charge is 2.12. The van der Waals surface area contributed by atoms with E-state index in [4.69, 9.17) is 11.6 Å². The lowest BCUT2D eigenvalue weighted by atomic mass is 10.1. The summed E-state index contributed by atoms with van der Waals surface area (Å²) < 4.78 is 0. The zero-order chi connectivity index (χ0) is 15.2. The molecule has 0 atom stereocenters. The van der Waals surface area contributed by atoms with Crippen molar-refractivity contribution in [1.29, 1.82) is 0 Å². The molecular formula is C16H21ClN4. The zero-order valence-corrected chi connectivity index (χ0v) is 13.5. The van der Waals surface area contributed by atoms with E-state index in [1.54, 1.807) is 6.33 Å². The maximum Gasteiger partial charge on any atom is 0.139 e. The lowest BCUT2D eigenvalue weighted by Gasteiger charge is -2.16. The van der Waals surface area contributed by atoms with Crippen LogP contribution in [0.5, 0.6) is 0 Å². The van der Waals surface area contributed by atoms with Crippen molar-refractivity contribution in [3.63, 3.8) is 0 Å². The Morgan fingerprint density at radius 3 is 2.57 bits per heavy atom. The van der Waals surface area contributed by atoms with Gasteiger partial charge in [0.15, 0.2) is 0 Å². The average molecular weight is 305 g/mol. The molecule has 0 saturated heterocycles. The van der Waals surface area contributed by atoms with E-state index in [2.05, 4.69) is 34.4 Å². The summed E-state index contributed by atoms with van der Waals surface area (Å²) in [5.74, 6) is 1.71. The van der Waals surface area contributed by atoms with Crippen LogP contribution in [0.2, 0.25) is 5.02 Å². The Labute approximate surface area is 131 Å². The number of nitrogens with zero attached hydrogens (tertiary/aromatic N) is 2. The average Bonchev–Trinajstić information content (AvgIpc) is 2.46. The fraction of sp³-hybridized carbons (Fsp3) is 0.375. The van der Waals surface area contributed by atoms with Gasteiger partial charge in [-0.2, -0.15) is 0 Å². The Morgan fingerprint density at radius 2 is 1.90 bits per heavy atom. The number of halogens is 1. The van der Waals surface area contributed by atoms with Gasteiger partial charge in [-0.15, -0.1) is 0 Å². The van der Waals surface area contributed by atoms with Crippen molar-refractivity contribution >= 4 is 28.9 Å². The van der Waals surface area contributed by atoms with Gasteiger partial charge in [-0.1, -0.05) is 37.1 Å². The first-order chi connectivity index (χ1) is 10.2. The Kier molecular flexibility index (Phi) is 5.39. The number of hydrogen-bond donors (Lipinski definition) is 2. The van der Waals surface area contributed by atoms with E-state index >= 15 is 0 Å². The monoisotopic (exact) mass is 304 g/mol. The largest absolute Gasteiger partial charge is 0.370 e. The van der Waals surface area contributed by atoms with Crippen molar-refractivity contribution in [2.75, 3.05) is 17.2 Å². The van der Waals surface area contributed by atoms with Gasteiger partial charge in [0, 0.05) is 12.1 Å². The van der Waals surface area contributed by atoms with Crippen molar-refractivity contribution in [3.8, 4) is 0 Å². The van der Waals surface area contributed by atoms with Crippen LogP contribution in [0.3, 0.4) is 0 Å². The second-order valence-corrected chi connectivity index (χ2v) is 5.29. The number of nitrogens with one attached hydrogen (secondary N) is 2. The number of rotatable bonds is 6. The lowest BCUT2D eigenvalue weighted by molar-refractivity contribution is 0.902. The molecule has 5 heteroatoms. The van der Waals surface area contributed by atoms with Crippen molar-refractivity contribution < 1.29 is 0 Å². The van der Waals surface area contributed by atoms with Gasteiger partial charge in [-0.3, -0.25) is 0 Å². The maximum absolute atomic E-state index is 6.29. The summed E-state index contributed by atoms with van der Waals surface area (Å²) in [4.78, 5) is 8.74. The second-order valence-electron chi connectivity index (χ2n) is 4.89. The minimum absolute atomic E-state index is 0.695. The fourth-order valence-electron chi connectivity index (χ4n) is 2.24. The molecule has 2 aromatic rings. The number of aryl methyl sites for hydroxylation is 1. The second kappa shape index (κ2) is 7.27. The molecule has 0 aliphatic heterocycles. The molecule has 0 bridgehead atoms. The highest BCUT2D eigenvalue weighted by Crippen LogP contribution is 2.31. The highest BCUT2D eigenvalue weighted by molar-refractivity contribution is 6.33. The first-order valence-corrected chi connectivity index (χ1v) is 7.65. The standard InChI is InChI=1S/C16H21ClN4/c1-4-7-12-15(18-5-2)19-10-20-16(12)21-14-11(3)8-6-9-13(14)17/h6,8-10H,4-5,7H2,1-3H3,(H2,18,19,20,21). The number of aromatic nitrogens is 2. The quantitative estimate of drug-likeness (QED) is 0.821. The predicted octanol–water partition coefficient (Wildman–Crippen LogP) is 4.57. The van der Waals surface area contributed by atoms with Crippen molar-refractivity contribution in [2.24, 2.45) is 0 Å². The molecule has 0 fully saturated rings. The molecule has 1 aromatic carbocycles. The van der Waals surface area contributed by atoms with Crippen molar-refractivity contribution in [3.05, 3.63) is 40.7 Å². The normalized spacial score (nSPS) is 10.5. The topological polar surface area (TPSA) is 49.8 Å². The minimum Gasteiger partial charge on any atom is -0.370 e. The molecule has 0 aliphatic rings. The van der Waals surface area contributed by atoms with Gasteiger partial charge in [0.1, 0.15) is 18.0 Å². The highest BCUT2D eigenvalue weighted by atomic mass is 35.5. The van der Waals surface area contributed by atoms with E-state index in [0.717, 1.165) is 47.8 Å². The number of anilines is 3. The molecule has 0 amide bonds. The van der Waals surface area contributed by atoms with Crippen LogP contribution < -0.4 is 10.6 Å². The molecule has 1 heterocycles. The molecule has 0 aliphatic carbocycles. The van der Waals surface area contributed by atoms with Gasteiger partial charge < -0.3 is 10.6 Å². The van der Waals surface area contributed by atoms with Gasteiger partial charge in [-0.25, -0.2) is 9.97 Å². The van der Waals surface area contributed by atoms with Crippen LogP contribution in [0.4, 0.5) is 17.3 Å². The molecule has 21 heavy (non-hydrogen) atoms. The van der Waals surface area contributed by atoms with Crippen molar-refractivity contribution in [1.82, 2.24) is 9.97 Å². The smallest absolute Gasteiger partial charge is 0.139 e. The summed E-state index contributed by atoms with van der Waals surface area (Å²) in [5, 5.41) is 7.36. The van der Waals surface area contributed by atoms with Crippen LogP contribution >= 0.6 is 11.6 Å². The fourth-order valence-corrected chi connectivity index (χ4v) is 2.50. The summed E-state index contributed by atoms with van der Waals surface area (Å²) in [6.07, 6.45) is 3.52. The number of benzene rings is 1. The first-order valence-electron chi connectivity index (χ1n) is 7.27. The number of hydrogen-bond acceptors (Lipinski definition) is 4. The van der Waals surface area contributed by atoms with Crippen LogP contribution in [0.25, 0.3) is 0 Å². The zero-order valence-electron chi connectivity index (χ0n) is 12.7. The van der Waals surface area contributed by atoms with Gasteiger partial charge in [-0.05, 0) is 31.9 Å². The summed E-state index contributed by atoms with van der Waals surface area (Å²) in [6.45, 7) is 7.06. The lowest BCUT2D eigenvalue weighted by Crippen LogP contribution is -2.08. The Balaban J connectivity index is 2.41. The van der Waals surface area contributed by atoms with E-state index in [-0.39, 0.29) is 0 Å². The van der Waals surface area contributed by atoms with E-state index in [1.165, 1.54) is 0 Å². The SMILES string of the molecule is CCCc1c(NCC)ncnc1Nc1c(C)cccc1Cl. The van der Waals surface area contributed by atoms with Gasteiger partial charge in [0.05, 0.1) is 10.7 Å². The summed E-state index contributed by atoms with van der Waals surface area (Å²) in [5.41, 5.74) is 3.09. The minimum atomic E-state index is 0.695. The van der Waals surface area contributed by atoms with E-state index in [1.807, 2.05) is 25.1 Å². The van der Waals surface area contributed by atoms with E-state index < -0.39 is 0 Å². The molecule has 1 aromatic heterocycles. The van der Waals surface area contributed by atoms with Gasteiger partial charge in [0.2, 0.25) is 0 Å². The summed E-state index contributed by atoms with van der Waals surface area (Å²) in [7, 11) is 0. The number of para-hydroxylation sites is 1. The van der Waals surface area contributed by atoms with Crippen LogP contribution in [-0.4, -0.2) is 16.5 Å². The van der Waals surface area contributed by atoms with Crippen molar-refractivity contribution in [2.45, 2.75) is 33.6 Å². The third-order valence-corrected chi connectivity index (χ3v) is 3.57. The Hall–Kier alpha value is -1.81. The van der Waals surface area contributed by atoms with Crippen LogP contribution in [-0.2, 0) is 6.42 Å². The molecule has 2 rings (SSSR count). The molecule has 0 radical (unpaired) electrons. The van der Waals surface area contributed by atoms with E-state index in [9.17, 15) is 0 Å². The third-order valence-electron chi connectivity index (χ3n) is 3.25. The molecule has 0 unspecified atom stereocenters. The van der Waals surface area contributed by atoms with Gasteiger partial charge >= 0.3 is 0 Å². The molecule has 0 saturated carbocycles. The van der Waals surface area contributed by atoms with E-state index in [0.29, 0.717) is 5.02 Å². The van der Waals surface area contributed by atoms with Crippen LogP contribution in [0.1, 0.15) is 31.4 Å². The first kappa shape index (κ1) is 15.6. The predicted molar refractivity (Wildman–Crippen MR) is 89.7 cm³/mol. The Bertz CT molecular complexity index is 593. The molecular weight excluding hydrogens is 284 g/mol. The molecule has 112 valence electrons. The third kappa shape index (κ3) is 3.64. The van der Waals surface area contributed by atoms with Gasteiger partial charge in [0.25, 0.3) is 0 Å². The van der Waals surface area contributed by atoms with Crippen LogP contribution in [0.15, 0.2) is 24.5 Å². The molecule has 2 N–H and O–H groups in total.